The van der Waals surface area contributed by atoms with Crippen molar-refractivity contribution in [2.75, 3.05) is 36.4 Å². The number of anilines is 3. The van der Waals surface area contributed by atoms with Crippen LogP contribution in [0.3, 0.4) is 0 Å². The Morgan fingerprint density at radius 3 is 2.31 bits per heavy atom. The molecule has 1 aromatic carbocycles. The molecule has 0 bridgehead atoms. The Morgan fingerprint density at radius 2 is 1.66 bits per heavy atom. The average Bonchev–Trinajstić information content (AvgIpc) is 2.77. The first-order valence-electron chi connectivity index (χ1n) is 9.10. The summed E-state index contributed by atoms with van der Waals surface area (Å²) in [6.07, 6.45) is 3.37. The Hall–Kier alpha value is -3.62. The number of carbonyl (C=O) groups excluding carboxylic acids is 1. The highest BCUT2D eigenvalue weighted by molar-refractivity contribution is 5.94. The Balaban J connectivity index is 1.35. The molecule has 0 radical (unpaired) electrons. The third-order valence-corrected chi connectivity index (χ3v) is 4.66. The van der Waals surface area contributed by atoms with Crippen LogP contribution in [-0.2, 0) is 0 Å². The van der Waals surface area contributed by atoms with Gasteiger partial charge in [0.25, 0.3) is 5.91 Å². The zero-order valence-electron chi connectivity index (χ0n) is 15.4. The van der Waals surface area contributed by atoms with Crippen molar-refractivity contribution >= 4 is 23.2 Å². The predicted octanol–water partition coefficient (Wildman–Crippen LogP) is 2.86. The van der Waals surface area contributed by atoms with E-state index in [9.17, 15) is 13.6 Å². The van der Waals surface area contributed by atoms with Gasteiger partial charge in [-0.1, -0.05) is 0 Å². The van der Waals surface area contributed by atoms with Gasteiger partial charge in [-0.2, -0.15) is 0 Å². The van der Waals surface area contributed by atoms with E-state index in [-0.39, 0.29) is 11.5 Å². The minimum absolute atomic E-state index is 0.142. The minimum Gasteiger partial charge on any atom is -0.352 e. The van der Waals surface area contributed by atoms with Gasteiger partial charge >= 0.3 is 0 Å². The lowest BCUT2D eigenvalue weighted by atomic mass is 10.1. The average molecular weight is 396 g/mol. The van der Waals surface area contributed by atoms with Crippen LogP contribution in [0.5, 0.6) is 0 Å². The van der Waals surface area contributed by atoms with Crippen molar-refractivity contribution in [3.05, 3.63) is 72.1 Å². The van der Waals surface area contributed by atoms with Crippen molar-refractivity contribution < 1.29 is 13.6 Å². The molecule has 7 nitrogen and oxygen atoms in total. The minimum atomic E-state index is -1.02. The summed E-state index contributed by atoms with van der Waals surface area (Å²) < 4.78 is 26.5. The van der Waals surface area contributed by atoms with Crippen LogP contribution in [-0.4, -0.2) is 52.2 Å². The lowest BCUT2D eigenvalue weighted by Crippen LogP contribution is -2.49. The summed E-state index contributed by atoms with van der Waals surface area (Å²) in [6.45, 7) is 2.05. The molecule has 1 aliphatic heterocycles. The molecule has 1 amide bonds. The van der Waals surface area contributed by atoms with Crippen LogP contribution >= 0.6 is 0 Å². The lowest BCUT2D eigenvalue weighted by Gasteiger charge is -2.35. The molecular formula is C20H18F2N6O. The standard InChI is InChI=1S/C20H18F2N6O/c21-16-2-1-14(13-17(16)22)20(29)28-11-9-27(10-12-28)19-4-3-18(25-26-19)24-15-5-7-23-8-6-15/h1-8,13H,9-12H2,(H,23,24,25). The van der Waals surface area contributed by atoms with Crippen LogP contribution in [0.2, 0.25) is 0 Å². The number of hydrogen-bond donors (Lipinski definition) is 1. The first kappa shape index (κ1) is 18.7. The highest BCUT2D eigenvalue weighted by Gasteiger charge is 2.23. The normalized spacial score (nSPS) is 14.0. The van der Waals surface area contributed by atoms with E-state index >= 15 is 0 Å². The molecule has 0 aliphatic carbocycles. The Bertz CT molecular complexity index is 992. The van der Waals surface area contributed by atoms with Gasteiger partial charge in [0, 0.05) is 49.8 Å². The molecule has 1 saturated heterocycles. The lowest BCUT2D eigenvalue weighted by molar-refractivity contribution is 0.0746. The van der Waals surface area contributed by atoms with Crippen LogP contribution in [0.15, 0.2) is 54.9 Å². The number of piperazine rings is 1. The highest BCUT2D eigenvalue weighted by Crippen LogP contribution is 2.18. The third-order valence-electron chi connectivity index (χ3n) is 4.66. The zero-order valence-corrected chi connectivity index (χ0v) is 15.4. The van der Waals surface area contributed by atoms with Crippen molar-refractivity contribution in [2.24, 2.45) is 0 Å². The summed E-state index contributed by atoms with van der Waals surface area (Å²) in [7, 11) is 0. The van der Waals surface area contributed by atoms with Crippen LogP contribution in [0, 0.1) is 11.6 Å². The number of carbonyl (C=O) groups is 1. The molecule has 0 saturated carbocycles. The molecule has 9 heteroatoms. The first-order valence-corrected chi connectivity index (χ1v) is 9.10. The van der Waals surface area contributed by atoms with Gasteiger partial charge in [-0.15, -0.1) is 10.2 Å². The number of pyridine rings is 1. The Morgan fingerprint density at radius 1 is 0.897 bits per heavy atom. The van der Waals surface area contributed by atoms with Crippen LogP contribution in [0.4, 0.5) is 26.1 Å². The highest BCUT2D eigenvalue weighted by atomic mass is 19.2. The van der Waals surface area contributed by atoms with Crippen molar-refractivity contribution in [2.45, 2.75) is 0 Å². The van der Waals surface area contributed by atoms with Crippen LogP contribution in [0.1, 0.15) is 10.4 Å². The summed E-state index contributed by atoms with van der Waals surface area (Å²) in [6, 6.07) is 10.6. The number of aromatic nitrogens is 3. The fourth-order valence-corrected chi connectivity index (χ4v) is 3.09. The molecule has 1 aliphatic rings. The second-order valence-electron chi connectivity index (χ2n) is 6.55. The number of halogens is 2. The van der Waals surface area contributed by atoms with Gasteiger partial charge in [-0.25, -0.2) is 8.78 Å². The van der Waals surface area contributed by atoms with E-state index < -0.39 is 11.6 Å². The van der Waals surface area contributed by atoms with E-state index in [0.29, 0.717) is 37.8 Å². The zero-order chi connectivity index (χ0) is 20.2. The fraction of sp³-hybridized carbons (Fsp3) is 0.200. The van der Waals surface area contributed by atoms with Gasteiger partial charge in [-0.05, 0) is 42.5 Å². The SMILES string of the molecule is O=C(c1ccc(F)c(F)c1)N1CCN(c2ccc(Nc3ccncc3)nn2)CC1. The molecule has 148 valence electrons. The van der Waals surface area contributed by atoms with E-state index in [1.165, 1.54) is 6.07 Å². The van der Waals surface area contributed by atoms with Gasteiger partial charge in [0.15, 0.2) is 23.3 Å². The molecule has 1 N–H and O–H groups in total. The largest absolute Gasteiger partial charge is 0.352 e. The molecule has 29 heavy (non-hydrogen) atoms. The summed E-state index contributed by atoms with van der Waals surface area (Å²) >= 11 is 0. The second-order valence-corrected chi connectivity index (χ2v) is 6.55. The number of rotatable bonds is 4. The van der Waals surface area contributed by atoms with Crippen LogP contribution < -0.4 is 10.2 Å². The summed E-state index contributed by atoms with van der Waals surface area (Å²) in [5, 5.41) is 11.6. The maximum absolute atomic E-state index is 13.4. The van der Waals surface area contributed by atoms with Gasteiger partial charge in [0.05, 0.1) is 0 Å². The quantitative estimate of drug-likeness (QED) is 0.731. The Labute approximate surface area is 166 Å². The van der Waals surface area contributed by atoms with Gasteiger partial charge in [0.1, 0.15) is 0 Å². The smallest absolute Gasteiger partial charge is 0.254 e. The van der Waals surface area contributed by atoms with Gasteiger partial charge in [0.2, 0.25) is 0 Å². The maximum Gasteiger partial charge on any atom is 0.254 e. The van der Waals surface area contributed by atoms with Crippen molar-refractivity contribution in [3.63, 3.8) is 0 Å². The van der Waals surface area contributed by atoms with Crippen molar-refractivity contribution in [3.8, 4) is 0 Å². The Kier molecular flexibility index (Phi) is 5.28. The maximum atomic E-state index is 13.4. The molecule has 1 fully saturated rings. The monoisotopic (exact) mass is 396 g/mol. The molecule has 3 heterocycles. The molecular weight excluding hydrogens is 378 g/mol. The third kappa shape index (κ3) is 4.29. The van der Waals surface area contributed by atoms with Crippen molar-refractivity contribution in [1.29, 1.82) is 0 Å². The van der Waals surface area contributed by atoms with Crippen LogP contribution in [0.25, 0.3) is 0 Å². The summed E-state index contributed by atoms with van der Waals surface area (Å²) in [5.74, 6) is -0.971. The number of hydrogen-bond acceptors (Lipinski definition) is 6. The van der Waals surface area contributed by atoms with E-state index in [0.717, 1.165) is 17.8 Å². The molecule has 0 atom stereocenters. The van der Waals surface area contributed by atoms with E-state index in [2.05, 4.69) is 20.5 Å². The molecule has 3 aromatic rings. The molecule has 0 spiro atoms. The van der Waals surface area contributed by atoms with Crippen molar-refractivity contribution in [1.82, 2.24) is 20.1 Å². The predicted molar refractivity (Wildman–Crippen MR) is 104 cm³/mol. The summed E-state index contributed by atoms with van der Waals surface area (Å²) in [4.78, 5) is 20.1. The second kappa shape index (κ2) is 8.17. The topological polar surface area (TPSA) is 74.2 Å². The van der Waals surface area contributed by atoms with Gasteiger partial charge < -0.3 is 15.1 Å². The number of nitrogens with one attached hydrogen (secondary N) is 1. The summed E-state index contributed by atoms with van der Waals surface area (Å²) in [5.41, 5.74) is 1.01. The number of benzene rings is 1. The van der Waals surface area contributed by atoms with Gasteiger partial charge in [-0.3, -0.25) is 9.78 Å². The molecule has 0 unspecified atom stereocenters. The van der Waals surface area contributed by atoms with E-state index in [4.69, 9.17) is 0 Å². The molecule has 4 rings (SSSR count). The number of amides is 1. The fourth-order valence-electron chi connectivity index (χ4n) is 3.09. The number of nitrogens with zero attached hydrogens (tertiary/aromatic N) is 5. The first-order chi connectivity index (χ1) is 14.1. The van der Waals surface area contributed by atoms with E-state index in [1.54, 1.807) is 17.3 Å². The van der Waals surface area contributed by atoms with E-state index in [1.807, 2.05) is 29.2 Å². The molecule has 2 aromatic heterocycles.